The van der Waals surface area contributed by atoms with E-state index in [9.17, 15) is 18.0 Å². The third kappa shape index (κ3) is 4.85. The van der Waals surface area contributed by atoms with E-state index in [1.54, 1.807) is 0 Å². The average Bonchev–Trinajstić information content (AvgIpc) is 2.29. The highest BCUT2D eigenvalue weighted by atomic mass is 79.9. The topological polar surface area (TPSA) is 26.3 Å². The molecule has 0 N–H and O–H groups in total. The molecule has 0 spiro atoms. The second-order valence-corrected chi connectivity index (χ2v) is 5.17. The molecule has 0 atom stereocenters. The van der Waals surface area contributed by atoms with Crippen LogP contribution < -0.4 is 0 Å². The largest absolute Gasteiger partial charge is 0.463 e. The fraction of sp³-hybridized carbons (Fsp3) is 0.700. The summed E-state index contributed by atoms with van der Waals surface area (Å²) in [5.41, 5.74) is -2.18. The number of ether oxygens (including phenoxy) is 1. The van der Waals surface area contributed by atoms with Gasteiger partial charge in [0, 0.05) is 33.1 Å². The summed E-state index contributed by atoms with van der Waals surface area (Å²) in [5.74, 6) is -0.989. The number of carbonyl (C=O) groups excluding carboxylic acids is 1. The van der Waals surface area contributed by atoms with Crippen LogP contribution in [-0.4, -0.2) is 34.7 Å². The molecule has 0 aliphatic carbocycles. The van der Waals surface area contributed by atoms with Crippen LogP contribution in [0.2, 0.25) is 0 Å². The van der Waals surface area contributed by atoms with Crippen molar-refractivity contribution in [3.05, 3.63) is 11.6 Å². The van der Waals surface area contributed by atoms with E-state index in [2.05, 4.69) is 52.5 Å². The minimum atomic E-state index is -4.60. The third-order valence-corrected chi connectivity index (χ3v) is 5.41. The van der Waals surface area contributed by atoms with Crippen LogP contribution in [0.1, 0.15) is 6.92 Å². The number of carbonyl (C=O) groups is 1. The summed E-state index contributed by atoms with van der Waals surface area (Å²) in [5, 5.41) is 0.170. The average molecular weight is 461 g/mol. The summed E-state index contributed by atoms with van der Waals surface area (Å²) < 4.78 is 43.6. The molecule has 0 saturated carbocycles. The van der Waals surface area contributed by atoms with Gasteiger partial charge in [0.25, 0.3) is 0 Å². The van der Waals surface area contributed by atoms with Crippen molar-refractivity contribution >= 4 is 53.8 Å². The van der Waals surface area contributed by atoms with Gasteiger partial charge in [0.05, 0.1) is 6.61 Å². The van der Waals surface area contributed by atoms with E-state index >= 15 is 0 Å². The Bertz CT molecular complexity index is 304. The summed E-state index contributed by atoms with van der Waals surface area (Å²) in [7, 11) is 0. The molecular weight excluding hydrogens is 449 g/mol. The summed E-state index contributed by atoms with van der Waals surface area (Å²) in [4.78, 5) is 11.3. The van der Waals surface area contributed by atoms with Crippen molar-refractivity contribution in [2.24, 2.45) is 5.41 Å². The van der Waals surface area contributed by atoms with Gasteiger partial charge in [0.15, 0.2) is 0 Å². The Balaban J connectivity index is 5.55. The van der Waals surface area contributed by atoms with Crippen LogP contribution in [0.4, 0.5) is 13.2 Å². The van der Waals surface area contributed by atoms with E-state index < -0.39 is 23.1 Å². The Kier molecular flexibility index (Phi) is 8.08. The van der Waals surface area contributed by atoms with Gasteiger partial charge >= 0.3 is 12.1 Å². The zero-order valence-electron chi connectivity index (χ0n) is 9.49. The monoisotopic (exact) mass is 458 g/mol. The second-order valence-electron chi connectivity index (χ2n) is 3.49. The molecule has 18 heavy (non-hydrogen) atoms. The molecule has 106 valence electrons. The van der Waals surface area contributed by atoms with Crippen LogP contribution in [0.3, 0.4) is 0 Å². The molecule has 8 heteroatoms. The second kappa shape index (κ2) is 7.89. The highest BCUT2D eigenvalue weighted by Gasteiger charge is 2.47. The van der Waals surface area contributed by atoms with Crippen molar-refractivity contribution < 1.29 is 22.7 Å². The molecule has 0 saturated heterocycles. The van der Waals surface area contributed by atoms with Gasteiger partial charge in [-0.05, 0) is 6.92 Å². The summed E-state index contributed by atoms with van der Waals surface area (Å²) in [6.45, 7) is 1.57. The van der Waals surface area contributed by atoms with Crippen LogP contribution in [0.25, 0.3) is 0 Å². The van der Waals surface area contributed by atoms with E-state index in [1.165, 1.54) is 6.92 Å². The Labute approximate surface area is 129 Å². The van der Waals surface area contributed by atoms with Crippen LogP contribution in [0.5, 0.6) is 0 Å². The summed E-state index contributed by atoms with van der Waals surface area (Å²) in [6.07, 6.45) is -4.07. The summed E-state index contributed by atoms with van der Waals surface area (Å²) >= 11 is 9.19. The van der Waals surface area contributed by atoms with Crippen molar-refractivity contribution in [3.8, 4) is 0 Å². The first-order valence-corrected chi connectivity index (χ1v) is 8.28. The Morgan fingerprint density at radius 1 is 1.17 bits per heavy atom. The first kappa shape index (κ1) is 18.4. The van der Waals surface area contributed by atoms with Gasteiger partial charge < -0.3 is 4.74 Å². The van der Waals surface area contributed by atoms with E-state index in [4.69, 9.17) is 0 Å². The highest BCUT2D eigenvalue weighted by Crippen LogP contribution is 2.43. The zero-order chi connectivity index (χ0) is 14.4. The molecular formula is C10H12Br3F3O2. The number of alkyl halides is 6. The van der Waals surface area contributed by atoms with Crippen molar-refractivity contribution in [3.63, 3.8) is 0 Å². The Morgan fingerprint density at radius 2 is 1.61 bits per heavy atom. The Morgan fingerprint density at radius 3 is 1.89 bits per heavy atom. The van der Waals surface area contributed by atoms with Crippen LogP contribution >= 0.6 is 47.8 Å². The van der Waals surface area contributed by atoms with Crippen molar-refractivity contribution in [2.75, 3.05) is 22.6 Å². The molecule has 0 amide bonds. The fourth-order valence-electron chi connectivity index (χ4n) is 1.16. The van der Waals surface area contributed by atoms with Gasteiger partial charge in [-0.3, -0.25) is 0 Å². The lowest BCUT2D eigenvalue weighted by molar-refractivity contribution is -0.139. The predicted molar refractivity (Wildman–Crippen MR) is 74.6 cm³/mol. The lowest BCUT2D eigenvalue weighted by atomic mass is 9.85. The number of allylic oxidation sites excluding steroid dienone is 1. The summed E-state index contributed by atoms with van der Waals surface area (Å²) in [6, 6.07) is 0. The predicted octanol–water partition coefficient (Wildman–Crippen LogP) is 4.21. The molecule has 0 rings (SSSR count). The van der Waals surface area contributed by atoms with Gasteiger partial charge in [0.1, 0.15) is 0 Å². The normalized spacial score (nSPS) is 13.6. The minimum Gasteiger partial charge on any atom is -0.463 e. The zero-order valence-corrected chi connectivity index (χ0v) is 14.2. The maximum atomic E-state index is 13.0. The fourth-order valence-corrected chi connectivity index (χ4v) is 4.85. The highest BCUT2D eigenvalue weighted by molar-refractivity contribution is 9.10. The molecule has 0 heterocycles. The van der Waals surface area contributed by atoms with Gasteiger partial charge in [0.2, 0.25) is 0 Å². The quantitative estimate of drug-likeness (QED) is 0.337. The van der Waals surface area contributed by atoms with E-state index in [0.29, 0.717) is 6.08 Å². The van der Waals surface area contributed by atoms with Gasteiger partial charge in [-0.25, -0.2) is 4.79 Å². The molecule has 0 aliphatic rings. The van der Waals surface area contributed by atoms with Gasteiger partial charge in [-0.1, -0.05) is 47.8 Å². The molecule has 0 unspecified atom stereocenters. The molecule has 0 fully saturated rings. The number of halogens is 6. The number of hydrogen-bond acceptors (Lipinski definition) is 2. The first-order valence-electron chi connectivity index (χ1n) is 4.91. The standard InChI is InChI=1S/C10H12Br3F3O2/c1-2-18-8(17)3-7(10(14,15)16)9(4-11,5-12)6-13/h3H,2,4-6H2,1H3/b7-3-. The Hall–Kier alpha value is 0.440. The molecule has 0 bridgehead atoms. The maximum Gasteiger partial charge on any atom is 0.413 e. The maximum absolute atomic E-state index is 13.0. The van der Waals surface area contributed by atoms with Crippen molar-refractivity contribution in [2.45, 2.75) is 13.1 Å². The lowest BCUT2D eigenvalue weighted by Gasteiger charge is -2.32. The van der Waals surface area contributed by atoms with Gasteiger partial charge in [-0.15, -0.1) is 0 Å². The SMILES string of the molecule is CCOC(=O)/C=C(\C(F)(F)F)C(CBr)(CBr)CBr. The van der Waals surface area contributed by atoms with Crippen molar-refractivity contribution in [1.82, 2.24) is 0 Å². The van der Waals surface area contributed by atoms with Crippen LogP contribution in [0, 0.1) is 5.41 Å². The minimum absolute atomic E-state index is 0.0322. The molecule has 0 radical (unpaired) electrons. The lowest BCUT2D eigenvalue weighted by Crippen LogP contribution is -2.37. The molecule has 2 nitrogen and oxygen atoms in total. The van der Waals surface area contributed by atoms with Gasteiger partial charge in [-0.2, -0.15) is 13.2 Å². The number of rotatable bonds is 6. The van der Waals surface area contributed by atoms with E-state index in [0.717, 1.165) is 0 Å². The van der Waals surface area contributed by atoms with Crippen LogP contribution in [-0.2, 0) is 9.53 Å². The molecule has 0 aromatic carbocycles. The number of esters is 1. The molecule has 0 aromatic rings. The van der Waals surface area contributed by atoms with Crippen LogP contribution in [0.15, 0.2) is 11.6 Å². The first-order chi connectivity index (χ1) is 8.27. The number of hydrogen-bond donors (Lipinski definition) is 0. The molecule has 0 aromatic heterocycles. The van der Waals surface area contributed by atoms with E-state index in [1.807, 2.05) is 0 Å². The van der Waals surface area contributed by atoms with E-state index in [-0.39, 0.29) is 22.6 Å². The molecule has 0 aliphatic heterocycles. The smallest absolute Gasteiger partial charge is 0.413 e. The third-order valence-electron chi connectivity index (χ3n) is 2.19. The van der Waals surface area contributed by atoms with Crippen molar-refractivity contribution in [1.29, 1.82) is 0 Å².